The van der Waals surface area contributed by atoms with Crippen molar-refractivity contribution in [1.82, 2.24) is 19.7 Å². The molecule has 0 spiro atoms. The molecule has 1 unspecified atom stereocenters. The lowest BCUT2D eigenvalue weighted by atomic mass is 10.1. The van der Waals surface area contributed by atoms with E-state index in [1.165, 1.54) is 11.8 Å². The molecule has 8 heteroatoms. The number of nitrogens with zero attached hydrogens (tertiary/aromatic N) is 4. The molecule has 0 aromatic carbocycles. The predicted octanol–water partition coefficient (Wildman–Crippen LogP) is 0.810. The average molecular weight is 298 g/mol. The quantitative estimate of drug-likeness (QED) is 0.809. The molecule has 1 aromatic rings. The summed E-state index contributed by atoms with van der Waals surface area (Å²) in [6.45, 7) is 2.61. The number of aliphatic carboxylic acids is 1. The van der Waals surface area contributed by atoms with Gasteiger partial charge >= 0.3 is 5.97 Å². The van der Waals surface area contributed by atoms with E-state index < -0.39 is 5.97 Å². The maximum atomic E-state index is 11.6. The van der Waals surface area contributed by atoms with Crippen molar-refractivity contribution in [3.05, 3.63) is 5.82 Å². The Labute approximate surface area is 121 Å². The largest absolute Gasteiger partial charge is 0.481 e. The monoisotopic (exact) mass is 298 g/mol. The molecule has 1 fully saturated rings. The minimum Gasteiger partial charge on any atom is -0.481 e. The van der Waals surface area contributed by atoms with Gasteiger partial charge in [0.05, 0.1) is 11.8 Å². The molecule has 20 heavy (non-hydrogen) atoms. The van der Waals surface area contributed by atoms with Crippen LogP contribution in [0.1, 0.15) is 31.6 Å². The van der Waals surface area contributed by atoms with Crippen molar-refractivity contribution in [1.29, 1.82) is 0 Å². The summed E-state index contributed by atoms with van der Waals surface area (Å²) in [7, 11) is 1.79. The number of likely N-dealkylation sites (N-methyl/N-ethyl adjacent to an activating group) is 1. The Bertz CT molecular complexity index is 517. The van der Waals surface area contributed by atoms with Crippen molar-refractivity contribution in [2.45, 2.75) is 37.4 Å². The Morgan fingerprint density at radius 2 is 2.25 bits per heavy atom. The molecule has 1 atom stereocenters. The second-order valence-electron chi connectivity index (χ2n) is 4.77. The Morgan fingerprint density at radius 1 is 1.50 bits per heavy atom. The molecule has 0 saturated carbocycles. The van der Waals surface area contributed by atoms with Crippen molar-refractivity contribution in [2.75, 3.05) is 19.3 Å². The van der Waals surface area contributed by atoms with Gasteiger partial charge in [-0.3, -0.25) is 9.59 Å². The number of aromatic nitrogens is 3. The molecule has 110 valence electrons. The summed E-state index contributed by atoms with van der Waals surface area (Å²) in [6, 6.07) is 0.124. The number of carboxylic acid groups (broad SMARTS) is 1. The number of amides is 1. The second-order valence-corrected chi connectivity index (χ2v) is 5.71. The third-order valence-electron chi connectivity index (χ3n) is 3.34. The zero-order chi connectivity index (χ0) is 14.7. The first-order chi connectivity index (χ1) is 9.52. The molecule has 7 nitrogen and oxygen atoms in total. The second kappa shape index (κ2) is 6.25. The fourth-order valence-electron chi connectivity index (χ4n) is 2.34. The van der Waals surface area contributed by atoms with Gasteiger partial charge in [-0.05, 0) is 6.42 Å². The van der Waals surface area contributed by atoms with Crippen molar-refractivity contribution < 1.29 is 14.7 Å². The topological polar surface area (TPSA) is 88.3 Å². The molecular weight excluding hydrogens is 280 g/mol. The lowest BCUT2D eigenvalue weighted by molar-refractivity contribution is -0.134. The maximum Gasteiger partial charge on any atom is 0.313 e. The van der Waals surface area contributed by atoms with Crippen LogP contribution in [0.3, 0.4) is 0 Å². The number of carboxylic acids is 1. The number of carbonyl (C=O) groups is 2. The van der Waals surface area contributed by atoms with E-state index in [1.54, 1.807) is 11.9 Å². The highest BCUT2D eigenvalue weighted by Gasteiger charge is 2.28. The van der Waals surface area contributed by atoms with Crippen LogP contribution < -0.4 is 0 Å². The third kappa shape index (κ3) is 3.12. The third-order valence-corrected chi connectivity index (χ3v) is 4.27. The molecule has 2 heterocycles. The van der Waals surface area contributed by atoms with E-state index in [2.05, 4.69) is 10.2 Å². The van der Waals surface area contributed by atoms with Gasteiger partial charge in [-0.15, -0.1) is 10.2 Å². The van der Waals surface area contributed by atoms with Gasteiger partial charge in [0.15, 0.2) is 5.16 Å². The van der Waals surface area contributed by atoms with E-state index in [4.69, 9.17) is 5.11 Å². The highest BCUT2D eigenvalue weighted by atomic mass is 32.2. The highest BCUT2D eigenvalue weighted by Crippen LogP contribution is 2.28. The predicted molar refractivity (Wildman–Crippen MR) is 73.7 cm³/mol. The molecule has 1 aliphatic heterocycles. The standard InChI is InChI=1S/C12H18N4O3S/c1-3-9-13-14-12(20-7-11(18)19)16(9)8-4-5-10(17)15(2)6-8/h8H,3-7H2,1-2H3,(H,18,19). The van der Waals surface area contributed by atoms with Crippen LogP contribution in [0.5, 0.6) is 0 Å². The maximum absolute atomic E-state index is 11.6. The van der Waals surface area contributed by atoms with Crippen LogP contribution in [-0.2, 0) is 16.0 Å². The van der Waals surface area contributed by atoms with Crippen molar-refractivity contribution in [3.63, 3.8) is 0 Å². The van der Waals surface area contributed by atoms with Gasteiger partial charge < -0.3 is 14.6 Å². The average Bonchev–Trinajstić information content (AvgIpc) is 2.82. The van der Waals surface area contributed by atoms with Gasteiger partial charge in [0.1, 0.15) is 5.82 Å². The van der Waals surface area contributed by atoms with Gasteiger partial charge in [-0.25, -0.2) is 0 Å². The van der Waals surface area contributed by atoms with Gasteiger partial charge in [0.2, 0.25) is 5.91 Å². The Kier molecular flexibility index (Phi) is 4.64. The van der Waals surface area contributed by atoms with E-state index in [-0.39, 0.29) is 17.7 Å². The van der Waals surface area contributed by atoms with E-state index in [0.717, 1.165) is 18.7 Å². The van der Waals surface area contributed by atoms with Crippen molar-refractivity contribution in [2.24, 2.45) is 0 Å². The minimum atomic E-state index is -0.876. The summed E-state index contributed by atoms with van der Waals surface area (Å²) in [5.41, 5.74) is 0. The summed E-state index contributed by atoms with van der Waals surface area (Å²) in [5.74, 6) is 0.0693. The van der Waals surface area contributed by atoms with Gasteiger partial charge in [-0.2, -0.15) is 0 Å². The molecule has 2 rings (SSSR count). The van der Waals surface area contributed by atoms with Crippen LogP contribution >= 0.6 is 11.8 Å². The summed E-state index contributed by atoms with van der Waals surface area (Å²) in [6.07, 6.45) is 1.98. The van der Waals surface area contributed by atoms with Gasteiger partial charge in [0, 0.05) is 26.4 Å². The number of rotatable bonds is 5. The van der Waals surface area contributed by atoms with Gasteiger partial charge in [-0.1, -0.05) is 18.7 Å². The summed E-state index contributed by atoms with van der Waals surface area (Å²) in [4.78, 5) is 24.0. The Balaban J connectivity index is 2.22. The van der Waals surface area contributed by atoms with E-state index >= 15 is 0 Å². The molecule has 1 saturated heterocycles. The zero-order valence-corrected chi connectivity index (χ0v) is 12.4. The van der Waals surface area contributed by atoms with Gasteiger partial charge in [0.25, 0.3) is 0 Å². The number of aryl methyl sites for hydroxylation is 1. The summed E-state index contributed by atoms with van der Waals surface area (Å²) < 4.78 is 2.00. The molecule has 1 aromatic heterocycles. The summed E-state index contributed by atoms with van der Waals surface area (Å²) in [5, 5.41) is 17.6. The number of piperidine rings is 1. The van der Waals surface area contributed by atoms with Crippen molar-refractivity contribution in [3.8, 4) is 0 Å². The first-order valence-corrected chi connectivity index (χ1v) is 7.53. The van der Waals surface area contributed by atoms with Crippen LogP contribution in [0.4, 0.5) is 0 Å². The Morgan fingerprint density at radius 3 is 2.85 bits per heavy atom. The fourth-order valence-corrected chi connectivity index (χ4v) is 3.09. The number of likely N-dealkylation sites (tertiary alicyclic amines) is 1. The van der Waals surface area contributed by atoms with E-state index in [0.29, 0.717) is 18.1 Å². The lowest BCUT2D eigenvalue weighted by Crippen LogP contribution is -2.38. The Hall–Kier alpha value is -1.57. The zero-order valence-electron chi connectivity index (χ0n) is 11.6. The molecule has 0 bridgehead atoms. The van der Waals surface area contributed by atoms with Crippen LogP contribution in [0, 0.1) is 0 Å². The molecule has 1 N–H and O–H groups in total. The number of carbonyl (C=O) groups excluding carboxylic acids is 1. The van der Waals surface area contributed by atoms with Crippen LogP contribution in [0.25, 0.3) is 0 Å². The summed E-state index contributed by atoms with van der Waals surface area (Å²) >= 11 is 1.17. The molecular formula is C12H18N4O3S. The first-order valence-electron chi connectivity index (χ1n) is 6.55. The highest BCUT2D eigenvalue weighted by molar-refractivity contribution is 7.99. The smallest absolute Gasteiger partial charge is 0.313 e. The van der Waals surface area contributed by atoms with Crippen LogP contribution in [0.2, 0.25) is 0 Å². The minimum absolute atomic E-state index is 0.0384. The number of hydrogen-bond acceptors (Lipinski definition) is 5. The van der Waals surface area contributed by atoms with Crippen LogP contribution in [0.15, 0.2) is 5.16 Å². The molecule has 1 aliphatic rings. The SMILES string of the molecule is CCc1nnc(SCC(=O)O)n1C1CCC(=O)N(C)C1. The normalized spacial score (nSPS) is 19.4. The van der Waals surface area contributed by atoms with Crippen molar-refractivity contribution >= 4 is 23.6 Å². The molecule has 0 aliphatic carbocycles. The molecule has 0 radical (unpaired) electrons. The number of thioether (sulfide) groups is 1. The van der Waals surface area contributed by atoms with Crippen LogP contribution in [-0.4, -0.2) is 56.0 Å². The first kappa shape index (κ1) is 14.8. The fraction of sp³-hybridized carbons (Fsp3) is 0.667. The lowest BCUT2D eigenvalue weighted by Gasteiger charge is -2.31. The molecule has 1 amide bonds. The van der Waals surface area contributed by atoms with E-state index in [1.807, 2.05) is 11.5 Å². The number of hydrogen-bond donors (Lipinski definition) is 1. The van der Waals surface area contributed by atoms with E-state index in [9.17, 15) is 9.59 Å².